The van der Waals surface area contributed by atoms with E-state index in [1.807, 2.05) is 60.7 Å². The number of benzene rings is 3. The van der Waals surface area contributed by atoms with Crippen molar-refractivity contribution < 1.29 is 14.3 Å². The zero-order chi connectivity index (χ0) is 25.1. The minimum Gasteiger partial charge on any atom is -0.493 e. The largest absolute Gasteiger partial charge is 0.493 e. The highest BCUT2D eigenvalue weighted by atomic mass is 16.5. The van der Waals surface area contributed by atoms with Gasteiger partial charge in [0.15, 0.2) is 11.5 Å². The van der Waals surface area contributed by atoms with Crippen molar-refractivity contribution in [1.29, 1.82) is 0 Å². The summed E-state index contributed by atoms with van der Waals surface area (Å²) in [5.41, 5.74) is 6.01. The first-order chi connectivity index (χ1) is 17.6. The number of hydrogen-bond donors (Lipinski definition) is 1. The van der Waals surface area contributed by atoms with E-state index in [0.29, 0.717) is 11.7 Å². The Balaban J connectivity index is 1.42. The van der Waals surface area contributed by atoms with Gasteiger partial charge in [-0.25, -0.2) is 0 Å². The van der Waals surface area contributed by atoms with Gasteiger partial charge in [0.1, 0.15) is 0 Å². The minimum atomic E-state index is -0.169. The molecule has 5 rings (SSSR count). The summed E-state index contributed by atoms with van der Waals surface area (Å²) in [7, 11) is 5.50. The molecule has 3 aromatic rings. The van der Waals surface area contributed by atoms with Gasteiger partial charge in [-0.2, -0.15) is 0 Å². The molecule has 0 bridgehead atoms. The van der Waals surface area contributed by atoms with Gasteiger partial charge in [0, 0.05) is 35.4 Å². The van der Waals surface area contributed by atoms with E-state index in [9.17, 15) is 4.79 Å². The number of likely N-dealkylation sites (N-methyl/N-ethyl adjacent to an activating group) is 1. The van der Waals surface area contributed by atoms with E-state index in [1.54, 1.807) is 26.4 Å². The van der Waals surface area contributed by atoms with Gasteiger partial charge in [0.05, 0.1) is 26.0 Å². The number of aliphatic imine (C=N–C) groups is 1. The number of methoxy groups -OCH3 is 2. The Labute approximate surface area is 212 Å². The molecular weight excluding hydrogens is 450 g/mol. The van der Waals surface area contributed by atoms with Crippen LogP contribution in [-0.4, -0.2) is 56.9 Å². The van der Waals surface area contributed by atoms with Crippen molar-refractivity contribution in [3.05, 3.63) is 95.1 Å². The molecule has 0 radical (unpaired) electrons. The maximum absolute atomic E-state index is 12.4. The first-order valence-corrected chi connectivity index (χ1v) is 12.2. The molecule has 0 aromatic heterocycles. The maximum Gasteiger partial charge on any atom is 0.248 e. The number of nitrogens with zero attached hydrogens (tertiary/aromatic N) is 2. The topological polar surface area (TPSA) is 63.2 Å². The third kappa shape index (κ3) is 4.90. The fraction of sp³-hybridized carbons (Fsp3) is 0.267. The number of amides is 1. The molecule has 6 heteroatoms. The van der Waals surface area contributed by atoms with Crippen molar-refractivity contribution in [2.24, 2.45) is 4.99 Å². The zero-order valence-corrected chi connectivity index (χ0v) is 20.9. The molecule has 1 saturated heterocycles. The van der Waals surface area contributed by atoms with Crippen LogP contribution in [0.2, 0.25) is 0 Å². The molecule has 2 atom stereocenters. The van der Waals surface area contributed by atoms with E-state index < -0.39 is 0 Å². The third-order valence-corrected chi connectivity index (χ3v) is 6.94. The smallest absolute Gasteiger partial charge is 0.248 e. The second-order valence-corrected chi connectivity index (χ2v) is 9.31. The number of fused-ring (bicyclic) bond motifs is 3. The second kappa shape index (κ2) is 10.4. The van der Waals surface area contributed by atoms with Crippen LogP contribution in [0.25, 0.3) is 6.08 Å². The summed E-state index contributed by atoms with van der Waals surface area (Å²) in [6.07, 6.45) is 4.36. The van der Waals surface area contributed by atoms with Gasteiger partial charge in [-0.1, -0.05) is 42.5 Å². The van der Waals surface area contributed by atoms with Gasteiger partial charge in [-0.3, -0.25) is 9.79 Å². The number of rotatable bonds is 6. The second-order valence-electron chi connectivity index (χ2n) is 9.31. The number of carbonyl (C=O) groups excluding carboxylic acids is 1. The van der Waals surface area contributed by atoms with E-state index in [4.69, 9.17) is 14.5 Å². The number of carbonyl (C=O) groups is 1. The minimum absolute atomic E-state index is 0.169. The van der Waals surface area contributed by atoms with Crippen molar-refractivity contribution >= 4 is 23.4 Å². The van der Waals surface area contributed by atoms with Crippen molar-refractivity contribution in [3.8, 4) is 11.5 Å². The van der Waals surface area contributed by atoms with Crippen molar-refractivity contribution in [2.75, 3.05) is 39.7 Å². The lowest BCUT2D eigenvalue weighted by molar-refractivity contribution is -0.111. The van der Waals surface area contributed by atoms with Crippen LogP contribution in [0.5, 0.6) is 11.5 Å². The lowest BCUT2D eigenvalue weighted by Crippen LogP contribution is -2.41. The summed E-state index contributed by atoms with van der Waals surface area (Å²) in [4.78, 5) is 20.0. The highest BCUT2D eigenvalue weighted by Crippen LogP contribution is 2.42. The zero-order valence-electron chi connectivity index (χ0n) is 20.9. The number of hydrogen-bond acceptors (Lipinski definition) is 5. The van der Waals surface area contributed by atoms with E-state index in [-0.39, 0.29) is 11.9 Å². The van der Waals surface area contributed by atoms with Crippen LogP contribution in [0.4, 0.5) is 5.69 Å². The molecule has 1 N–H and O–H groups in total. The number of piperidine rings is 1. The van der Waals surface area contributed by atoms with Crippen molar-refractivity contribution in [3.63, 3.8) is 0 Å². The first kappa shape index (κ1) is 23.8. The summed E-state index contributed by atoms with van der Waals surface area (Å²) in [6.45, 7) is 1.99. The molecule has 1 fully saturated rings. The van der Waals surface area contributed by atoms with E-state index in [2.05, 4.69) is 23.3 Å². The Morgan fingerprint density at radius 1 is 1.03 bits per heavy atom. The summed E-state index contributed by atoms with van der Waals surface area (Å²) >= 11 is 0. The van der Waals surface area contributed by atoms with E-state index in [1.165, 1.54) is 5.56 Å². The summed E-state index contributed by atoms with van der Waals surface area (Å²) in [6, 6.07) is 22.0. The molecule has 0 spiro atoms. The Bertz CT molecular complexity index is 1300. The molecule has 0 saturated carbocycles. The fourth-order valence-corrected chi connectivity index (χ4v) is 5.07. The Hall–Kier alpha value is -3.90. The van der Waals surface area contributed by atoms with Crippen LogP contribution in [0, 0.1) is 0 Å². The van der Waals surface area contributed by atoms with Gasteiger partial charge in [0.25, 0.3) is 0 Å². The van der Waals surface area contributed by atoms with Crippen molar-refractivity contribution in [2.45, 2.75) is 18.4 Å². The molecule has 2 aliphatic rings. The van der Waals surface area contributed by atoms with Crippen molar-refractivity contribution in [1.82, 2.24) is 4.90 Å². The molecular formula is C30H31N3O3. The highest BCUT2D eigenvalue weighted by molar-refractivity contribution is 6.15. The number of likely N-dealkylation sites (tertiary alicyclic amines) is 1. The standard InChI is InChI=1S/C30H31N3O3/c1-33-16-15-26-25(19-33)23-17-27(35-2)28(36-3)18-24(23)30(32-26)21-10-12-22(13-11-21)31-29(34)14-9-20-7-5-4-6-8-20/h4-14,17-18,25-26H,15-16,19H2,1-3H3,(H,31,34)/t25-,26-/m1/s1. The number of ether oxygens (including phenoxy) is 2. The first-order valence-electron chi connectivity index (χ1n) is 12.2. The van der Waals surface area contributed by atoms with Gasteiger partial charge in [0.2, 0.25) is 5.91 Å². The van der Waals surface area contributed by atoms with Crippen LogP contribution in [0.1, 0.15) is 34.6 Å². The van der Waals surface area contributed by atoms with Gasteiger partial charge >= 0.3 is 0 Å². The molecule has 1 amide bonds. The maximum atomic E-state index is 12.4. The fourth-order valence-electron chi connectivity index (χ4n) is 5.07. The quantitative estimate of drug-likeness (QED) is 0.504. The summed E-state index contributed by atoms with van der Waals surface area (Å²) < 4.78 is 11.2. The SMILES string of the molecule is COc1cc2c(cc1OC)[C@H]1CN(C)CC[C@H]1N=C2c1ccc(NC(=O)C=Cc2ccccc2)cc1. The molecule has 36 heavy (non-hydrogen) atoms. The predicted molar refractivity (Wildman–Crippen MR) is 144 cm³/mol. The molecule has 0 unspecified atom stereocenters. The van der Waals surface area contributed by atoms with Crippen LogP contribution in [0.3, 0.4) is 0 Å². The van der Waals surface area contributed by atoms with Crippen LogP contribution in [0.15, 0.2) is 77.8 Å². The molecule has 3 aromatic carbocycles. The lowest BCUT2D eigenvalue weighted by atomic mass is 9.79. The van der Waals surface area contributed by atoms with Gasteiger partial charge in [-0.05, 0) is 61.5 Å². The Morgan fingerprint density at radius 3 is 2.47 bits per heavy atom. The number of nitrogens with one attached hydrogen (secondary N) is 1. The van der Waals surface area contributed by atoms with Gasteiger partial charge in [-0.15, -0.1) is 0 Å². The lowest BCUT2D eigenvalue weighted by Gasteiger charge is -2.39. The monoisotopic (exact) mass is 481 g/mol. The van der Waals surface area contributed by atoms with Crippen LogP contribution >= 0.6 is 0 Å². The van der Waals surface area contributed by atoms with Crippen LogP contribution < -0.4 is 14.8 Å². The average Bonchev–Trinajstić information content (AvgIpc) is 2.92. The third-order valence-electron chi connectivity index (χ3n) is 6.94. The predicted octanol–water partition coefficient (Wildman–Crippen LogP) is 4.99. The summed E-state index contributed by atoms with van der Waals surface area (Å²) in [5.74, 6) is 1.59. The molecule has 6 nitrogen and oxygen atoms in total. The summed E-state index contributed by atoms with van der Waals surface area (Å²) in [5, 5.41) is 2.94. The highest BCUT2D eigenvalue weighted by Gasteiger charge is 2.36. The van der Waals surface area contributed by atoms with Gasteiger partial charge < -0.3 is 19.7 Å². The van der Waals surface area contributed by atoms with E-state index >= 15 is 0 Å². The normalized spacial score (nSPS) is 19.2. The average molecular weight is 482 g/mol. The van der Waals surface area contributed by atoms with E-state index in [0.717, 1.165) is 53.3 Å². The molecule has 0 aliphatic carbocycles. The Kier molecular flexibility index (Phi) is 6.87. The number of anilines is 1. The Morgan fingerprint density at radius 2 is 1.75 bits per heavy atom. The van der Waals surface area contributed by atoms with Crippen LogP contribution in [-0.2, 0) is 4.79 Å². The molecule has 2 heterocycles. The molecule has 184 valence electrons. The molecule has 2 aliphatic heterocycles.